The van der Waals surface area contributed by atoms with Gasteiger partial charge in [-0.05, 0) is 47.7 Å². The number of aliphatic carboxylic acids is 1. The summed E-state index contributed by atoms with van der Waals surface area (Å²) in [7, 11) is 0. The van der Waals surface area contributed by atoms with Crippen LogP contribution in [0.4, 0.5) is 4.79 Å². The van der Waals surface area contributed by atoms with E-state index >= 15 is 0 Å². The molecule has 0 radical (unpaired) electrons. The summed E-state index contributed by atoms with van der Waals surface area (Å²) in [5.41, 5.74) is 0.627. The summed E-state index contributed by atoms with van der Waals surface area (Å²) >= 11 is 2.15. The number of carboxylic acid groups (broad SMARTS) is 2. The molecule has 0 bridgehead atoms. The second-order valence-electron chi connectivity index (χ2n) is 5.67. The largest absolute Gasteiger partial charge is 0.480 e. The van der Waals surface area contributed by atoms with Crippen LogP contribution in [-0.2, 0) is 4.79 Å². The zero-order valence-electron chi connectivity index (χ0n) is 13.8. The molecule has 0 unspecified atom stereocenters. The third-order valence-corrected chi connectivity index (χ3v) is 4.62. The molecule has 10 heteroatoms. The molecule has 1 aliphatic heterocycles. The SMILES string of the molecule is CCOc1nc(O[C@@H]2C[C@@H](C(=O)O)N(C(=O)O)C2)c2cc(I)ccc2n1. The Labute approximate surface area is 162 Å². The van der Waals surface area contributed by atoms with E-state index < -0.39 is 24.2 Å². The number of ether oxygens (including phenoxy) is 2. The van der Waals surface area contributed by atoms with E-state index in [0.717, 1.165) is 8.47 Å². The molecule has 26 heavy (non-hydrogen) atoms. The lowest BCUT2D eigenvalue weighted by Gasteiger charge is -2.17. The minimum absolute atomic E-state index is 0.0427. The van der Waals surface area contributed by atoms with E-state index in [0.29, 0.717) is 17.5 Å². The van der Waals surface area contributed by atoms with Gasteiger partial charge < -0.3 is 19.7 Å². The number of carbonyl (C=O) groups is 2. The fourth-order valence-corrected chi connectivity index (χ4v) is 3.31. The summed E-state index contributed by atoms with van der Waals surface area (Å²) < 4.78 is 12.2. The van der Waals surface area contributed by atoms with E-state index in [1.54, 1.807) is 6.92 Å². The first-order valence-corrected chi connectivity index (χ1v) is 8.96. The van der Waals surface area contributed by atoms with Gasteiger partial charge in [-0.2, -0.15) is 9.97 Å². The van der Waals surface area contributed by atoms with Gasteiger partial charge in [-0.15, -0.1) is 0 Å². The van der Waals surface area contributed by atoms with Gasteiger partial charge in [0.25, 0.3) is 0 Å². The Morgan fingerprint density at radius 3 is 2.73 bits per heavy atom. The van der Waals surface area contributed by atoms with Crippen molar-refractivity contribution < 1.29 is 29.3 Å². The summed E-state index contributed by atoms with van der Waals surface area (Å²) in [6.45, 7) is 2.14. The zero-order chi connectivity index (χ0) is 18.8. The monoisotopic (exact) mass is 473 g/mol. The molecule has 1 fully saturated rings. The van der Waals surface area contributed by atoms with E-state index in [9.17, 15) is 19.8 Å². The first-order chi connectivity index (χ1) is 12.4. The summed E-state index contributed by atoms with van der Waals surface area (Å²) in [4.78, 5) is 32.0. The number of carboxylic acids is 1. The molecule has 9 nitrogen and oxygen atoms in total. The van der Waals surface area contributed by atoms with Crippen molar-refractivity contribution in [3.05, 3.63) is 21.8 Å². The Balaban J connectivity index is 1.93. The predicted molar refractivity (Wildman–Crippen MR) is 98.6 cm³/mol. The maximum atomic E-state index is 11.3. The molecule has 1 aromatic heterocycles. The summed E-state index contributed by atoms with van der Waals surface area (Å²) in [5, 5.41) is 19.1. The topological polar surface area (TPSA) is 122 Å². The highest BCUT2D eigenvalue weighted by atomic mass is 127. The number of aromatic nitrogens is 2. The number of fused-ring (bicyclic) bond motifs is 1. The number of halogens is 1. The van der Waals surface area contributed by atoms with Crippen molar-refractivity contribution in [3.63, 3.8) is 0 Å². The van der Waals surface area contributed by atoms with E-state index in [-0.39, 0.29) is 24.9 Å². The predicted octanol–water partition coefficient (Wildman–Crippen LogP) is 2.22. The molecule has 2 aromatic rings. The van der Waals surface area contributed by atoms with Crippen LogP contribution < -0.4 is 9.47 Å². The molecule has 1 amide bonds. The highest BCUT2D eigenvalue weighted by molar-refractivity contribution is 14.1. The third-order valence-electron chi connectivity index (χ3n) is 3.95. The molecule has 0 aliphatic carbocycles. The Kier molecular flexibility index (Phi) is 5.30. The molecule has 0 saturated carbocycles. The Morgan fingerprint density at radius 1 is 1.35 bits per heavy atom. The van der Waals surface area contributed by atoms with Gasteiger partial charge in [-0.25, -0.2) is 9.59 Å². The number of nitrogens with zero attached hydrogens (tertiary/aromatic N) is 3. The van der Waals surface area contributed by atoms with Crippen molar-refractivity contribution in [2.75, 3.05) is 13.2 Å². The smallest absolute Gasteiger partial charge is 0.408 e. The van der Waals surface area contributed by atoms with Gasteiger partial charge in [0.15, 0.2) is 0 Å². The lowest BCUT2D eigenvalue weighted by molar-refractivity contribution is -0.141. The van der Waals surface area contributed by atoms with Gasteiger partial charge in [-0.3, -0.25) is 4.90 Å². The van der Waals surface area contributed by atoms with Crippen molar-refractivity contribution in [1.82, 2.24) is 14.9 Å². The average molecular weight is 473 g/mol. The van der Waals surface area contributed by atoms with E-state index in [4.69, 9.17) is 9.47 Å². The van der Waals surface area contributed by atoms with Crippen LogP contribution in [-0.4, -0.2) is 62.4 Å². The molecule has 1 aliphatic rings. The average Bonchev–Trinajstić information content (AvgIpc) is 3.00. The zero-order valence-corrected chi connectivity index (χ0v) is 15.9. The van der Waals surface area contributed by atoms with Crippen LogP contribution in [0.5, 0.6) is 11.9 Å². The third kappa shape index (κ3) is 3.74. The van der Waals surface area contributed by atoms with E-state index in [1.165, 1.54) is 0 Å². The molecule has 3 rings (SSSR count). The Bertz CT molecular complexity index is 839. The molecule has 2 N–H and O–H groups in total. The van der Waals surface area contributed by atoms with Gasteiger partial charge in [0, 0.05) is 9.99 Å². The number of likely N-dealkylation sites (tertiary alicyclic amines) is 1. The first kappa shape index (κ1) is 18.4. The lowest BCUT2D eigenvalue weighted by Crippen LogP contribution is -2.39. The van der Waals surface area contributed by atoms with Crippen LogP contribution >= 0.6 is 22.6 Å². The van der Waals surface area contributed by atoms with E-state index in [2.05, 4.69) is 32.6 Å². The van der Waals surface area contributed by atoms with Crippen molar-refractivity contribution in [3.8, 4) is 11.9 Å². The standard InChI is InChI=1S/C16H16IN3O6/c1-2-25-15-18-11-4-3-8(17)5-10(11)13(19-15)26-9-6-12(14(21)22)20(7-9)16(23)24/h3-5,9,12H,2,6-7H2,1H3,(H,21,22)(H,23,24)/t9-,12+/m1/s1. The van der Waals surface area contributed by atoms with Gasteiger partial charge in [0.2, 0.25) is 5.88 Å². The Morgan fingerprint density at radius 2 is 2.12 bits per heavy atom. The highest BCUT2D eigenvalue weighted by Crippen LogP contribution is 2.30. The maximum absolute atomic E-state index is 11.3. The first-order valence-electron chi connectivity index (χ1n) is 7.88. The number of rotatable bonds is 5. The number of hydrogen-bond donors (Lipinski definition) is 2. The van der Waals surface area contributed by atoms with Crippen LogP contribution in [0.2, 0.25) is 0 Å². The number of benzene rings is 1. The van der Waals surface area contributed by atoms with Crippen molar-refractivity contribution in [2.45, 2.75) is 25.5 Å². The second-order valence-corrected chi connectivity index (χ2v) is 6.92. The van der Waals surface area contributed by atoms with Crippen LogP contribution in [0.25, 0.3) is 10.9 Å². The fraction of sp³-hybridized carbons (Fsp3) is 0.375. The van der Waals surface area contributed by atoms with Crippen LogP contribution in [0.3, 0.4) is 0 Å². The quantitative estimate of drug-likeness (QED) is 0.635. The molecule has 0 spiro atoms. The number of amides is 1. The van der Waals surface area contributed by atoms with Crippen LogP contribution in [0, 0.1) is 3.57 Å². The molecule has 138 valence electrons. The Hall–Kier alpha value is -2.37. The summed E-state index contributed by atoms with van der Waals surface area (Å²) in [6.07, 6.45) is -1.88. The highest BCUT2D eigenvalue weighted by Gasteiger charge is 2.41. The number of hydrogen-bond acceptors (Lipinski definition) is 6. The lowest BCUT2D eigenvalue weighted by atomic mass is 10.2. The molecule has 1 aromatic carbocycles. The van der Waals surface area contributed by atoms with Crippen molar-refractivity contribution in [1.29, 1.82) is 0 Å². The molecular weight excluding hydrogens is 457 g/mol. The molecule has 2 atom stereocenters. The summed E-state index contributed by atoms with van der Waals surface area (Å²) in [5.74, 6) is -0.950. The van der Waals surface area contributed by atoms with E-state index in [1.807, 2.05) is 18.2 Å². The van der Waals surface area contributed by atoms with Crippen molar-refractivity contribution >= 4 is 45.6 Å². The van der Waals surface area contributed by atoms with Crippen molar-refractivity contribution in [2.24, 2.45) is 0 Å². The summed E-state index contributed by atoms with van der Waals surface area (Å²) in [6, 6.07) is 4.56. The minimum atomic E-state index is -1.29. The van der Waals surface area contributed by atoms with Gasteiger partial charge in [0.05, 0.1) is 24.1 Å². The minimum Gasteiger partial charge on any atom is -0.480 e. The van der Waals surface area contributed by atoms with Gasteiger partial charge >= 0.3 is 18.1 Å². The molecule has 2 heterocycles. The fourth-order valence-electron chi connectivity index (χ4n) is 2.82. The van der Waals surface area contributed by atoms with Crippen LogP contribution in [0.15, 0.2) is 18.2 Å². The van der Waals surface area contributed by atoms with Gasteiger partial charge in [-0.1, -0.05) is 0 Å². The normalized spacial score (nSPS) is 19.5. The molecule has 1 saturated heterocycles. The van der Waals surface area contributed by atoms with Crippen LogP contribution in [0.1, 0.15) is 13.3 Å². The molecular formula is C16H16IN3O6. The van der Waals surface area contributed by atoms with Gasteiger partial charge in [0.1, 0.15) is 12.1 Å². The maximum Gasteiger partial charge on any atom is 0.408 e. The second kappa shape index (κ2) is 7.48.